The van der Waals surface area contributed by atoms with Crippen LogP contribution in [0.5, 0.6) is 0 Å². The summed E-state index contributed by atoms with van der Waals surface area (Å²) in [5, 5.41) is 10.2. The Morgan fingerprint density at radius 3 is 2.32 bits per heavy atom. The fourth-order valence-corrected chi connectivity index (χ4v) is 0.845. The van der Waals surface area contributed by atoms with E-state index in [9.17, 15) is 9.59 Å². The summed E-state index contributed by atoms with van der Waals surface area (Å²) in [6.45, 7) is 7.03. The summed E-state index contributed by atoms with van der Waals surface area (Å²) in [6, 6.07) is 5.27. The van der Waals surface area contributed by atoms with Crippen molar-refractivity contribution < 1.29 is 19.4 Å². The van der Waals surface area contributed by atoms with Gasteiger partial charge in [-0.1, -0.05) is 13.0 Å². The first-order valence-electron chi connectivity index (χ1n) is 5.87. The molecule has 1 rings (SSSR count). The number of rotatable bonds is 2. The molecule has 0 saturated carbocycles. The number of hydrogen-bond donors (Lipinski definition) is 2. The molecule has 6 heteroatoms. The Labute approximate surface area is 112 Å². The van der Waals surface area contributed by atoms with Gasteiger partial charge in [0.15, 0.2) is 0 Å². The second-order valence-corrected chi connectivity index (χ2v) is 4.59. The van der Waals surface area contributed by atoms with Crippen LogP contribution in [0.1, 0.15) is 34.1 Å². The largest absolute Gasteiger partial charge is 0.481 e. The van der Waals surface area contributed by atoms with Crippen molar-refractivity contribution in [1.82, 2.24) is 4.98 Å². The van der Waals surface area contributed by atoms with Crippen LogP contribution in [0.2, 0.25) is 0 Å². The lowest BCUT2D eigenvalue weighted by Crippen LogP contribution is -2.27. The fourth-order valence-electron chi connectivity index (χ4n) is 0.845. The molecule has 0 radical (unpaired) electrons. The van der Waals surface area contributed by atoms with Gasteiger partial charge in [0.2, 0.25) is 0 Å². The number of nitrogens with zero attached hydrogens (tertiary/aromatic N) is 1. The molecule has 19 heavy (non-hydrogen) atoms. The molecule has 0 saturated heterocycles. The predicted octanol–water partition coefficient (Wildman–Crippen LogP) is 2.91. The molecule has 2 N–H and O–H groups in total. The molecule has 1 amide bonds. The van der Waals surface area contributed by atoms with Crippen LogP contribution < -0.4 is 5.32 Å². The summed E-state index contributed by atoms with van der Waals surface area (Å²) in [5.74, 6) is -0.258. The summed E-state index contributed by atoms with van der Waals surface area (Å²) in [4.78, 5) is 24.6. The first-order valence-corrected chi connectivity index (χ1v) is 5.87. The quantitative estimate of drug-likeness (QED) is 0.860. The average molecular weight is 268 g/mol. The third-order valence-electron chi connectivity index (χ3n) is 1.60. The summed E-state index contributed by atoms with van der Waals surface area (Å²) in [6.07, 6.45) is 1.34. The van der Waals surface area contributed by atoms with Crippen molar-refractivity contribution in [1.29, 1.82) is 0 Å². The average Bonchev–Trinajstić information content (AvgIpc) is 2.28. The molecule has 1 heterocycles. The lowest BCUT2D eigenvalue weighted by molar-refractivity contribution is -0.136. The van der Waals surface area contributed by atoms with E-state index in [1.807, 2.05) is 20.8 Å². The van der Waals surface area contributed by atoms with E-state index in [2.05, 4.69) is 10.3 Å². The number of carbonyl (C=O) groups excluding carboxylic acids is 1. The van der Waals surface area contributed by atoms with Crippen molar-refractivity contribution >= 4 is 17.9 Å². The van der Waals surface area contributed by atoms with E-state index in [4.69, 9.17) is 9.84 Å². The number of aromatic nitrogens is 1. The van der Waals surface area contributed by atoms with E-state index in [1.165, 1.54) is 0 Å². The normalized spacial score (nSPS) is 9.89. The van der Waals surface area contributed by atoms with Crippen LogP contribution in [0, 0.1) is 0 Å². The van der Waals surface area contributed by atoms with Gasteiger partial charge in [-0.2, -0.15) is 0 Å². The standard InChI is InChI=1S/C10H14N2O2.C3H6O2/c1-10(2,3)14-9(13)12-8-6-4-5-7-11-8;1-2-3(4)5/h4-7H,1-3H3,(H,11,12,13);2H2,1H3,(H,4,5). The Hall–Kier alpha value is -2.11. The van der Waals surface area contributed by atoms with E-state index in [1.54, 1.807) is 31.3 Å². The lowest BCUT2D eigenvalue weighted by Gasteiger charge is -2.19. The van der Waals surface area contributed by atoms with E-state index >= 15 is 0 Å². The molecule has 0 atom stereocenters. The van der Waals surface area contributed by atoms with Gasteiger partial charge in [0.1, 0.15) is 11.4 Å². The van der Waals surface area contributed by atoms with Crippen LogP contribution >= 0.6 is 0 Å². The number of carboxylic acid groups (broad SMARTS) is 1. The number of carbonyl (C=O) groups is 2. The van der Waals surface area contributed by atoms with Gasteiger partial charge >= 0.3 is 12.1 Å². The van der Waals surface area contributed by atoms with Crippen molar-refractivity contribution in [3.05, 3.63) is 24.4 Å². The maximum absolute atomic E-state index is 11.3. The van der Waals surface area contributed by atoms with Crippen LogP contribution in [0.15, 0.2) is 24.4 Å². The van der Waals surface area contributed by atoms with E-state index in [0.717, 1.165) is 0 Å². The van der Waals surface area contributed by atoms with Gasteiger partial charge in [-0.15, -0.1) is 0 Å². The highest BCUT2D eigenvalue weighted by atomic mass is 16.6. The Morgan fingerprint density at radius 1 is 1.37 bits per heavy atom. The molecule has 0 aromatic carbocycles. The summed E-state index contributed by atoms with van der Waals surface area (Å²) < 4.78 is 5.05. The van der Waals surface area contributed by atoms with Crippen molar-refractivity contribution in [3.8, 4) is 0 Å². The number of pyridine rings is 1. The molecule has 0 spiro atoms. The summed E-state index contributed by atoms with van der Waals surface area (Å²) in [5.41, 5.74) is -0.487. The minimum Gasteiger partial charge on any atom is -0.481 e. The zero-order valence-electron chi connectivity index (χ0n) is 11.6. The molecular weight excluding hydrogens is 248 g/mol. The summed E-state index contributed by atoms with van der Waals surface area (Å²) >= 11 is 0. The highest BCUT2D eigenvalue weighted by Crippen LogP contribution is 2.09. The van der Waals surface area contributed by atoms with E-state index < -0.39 is 17.7 Å². The van der Waals surface area contributed by atoms with Crippen molar-refractivity contribution in [2.45, 2.75) is 39.7 Å². The van der Waals surface area contributed by atoms with Gasteiger partial charge in [-0.3, -0.25) is 10.1 Å². The third-order valence-corrected chi connectivity index (χ3v) is 1.60. The van der Waals surface area contributed by atoms with Crippen molar-refractivity contribution in [3.63, 3.8) is 0 Å². The Bertz CT molecular complexity index is 399. The van der Waals surface area contributed by atoms with Crippen LogP contribution in [0.4, 0.5) is 10.6 Å². The highest BCUT2D eigenvalue weighted by Gasteiger charge is 2.16. The molecule has 1 aromatic rings. The molecule has 1 aromatic heterocycles. The maximum Gasteiger partial charge on any atom is 0.413 e. The molecule has 0 unspecified atom stereocenters. The smallest absolute Gasteiger partial charge is 0.413 e. The zero-order valence-corrected chi connectivity index (χ0v) is 11.6. The highest BCUT2D eigenvalue weighted by molar-refractivity contribution is 5.83. The Kier molecular flexibility index (Phi) is 7.18. The van der Waals surface area contributed by atoms with Crippen LogP contribution in [0.3, 0.4) is 0 Å². The predicted molar refractivity (Wildman–Crippen MR) is 72.0 cm³/mol. The minimum absolute atomic E-state index is 0.222. The first kappa shape index (κ1) is 16.9. The number of hydrogen-bond acceptors (Lipinski definition) is 4. The number of nitrogens with one attached hydrogen (secondary N) is 1. The zero-order chi connectivity index (χ0) is 14.9. The lowest BCUT2D eigenvalue weighted by atomic mass is 10.2. The Morgan fingerprint density at radius 2 is 1.95 bits per heavy atom. The molecule has 0 aliphatic heterocycles. The first-order chi connectivity index (χ1) is 8.74. The van der Waals surface area contributed by atoms with E-state index in [0.29, 0.717) is 5.82 Å². The molecule has 0 bridgehead atoms. The molecular formula is C13H20N2O4. The van der Waals surface area contributed by atoms with Gasteiger partial charge in [0.05, 0.1) is 0 Å². The Balaban J connectivity index is 0.000000555. The maximum atomic E-state index is 11.3. The monoisotopic (exact) mass is 268 g/mol. The number of anilines is 1. The third kappa shape index (κ3) is 10.7. The fraction of sp³-hybridized carbons (Fsp3) is 0.462. The second kappa shape index (κ2) is 8.07. The van der Waals surface area contributed by atoms with Gasteiger partial charge in [0.25, 0.3) is 0 Å². The van der Waals surface area contributed by atoms with Crippen LogP contribution in [-0.2, 0) is 9.53 Å². The SMILES string of the molecule is CC(C)(C)OC(=O)Nc1ccccn1.CCC(=O)O. The van der Waals surface area contributed by atoms with E-state index in [-0.39, 0.29) is 6.42 Å². The second-order valence-electron chi connectivity index (χ2n) is 4.59. The molecule has 106 valence electrons. The molecule has 0 aliphatic rings. The van der Waals surface area contributed by atoms with Gasteiger partial charge < -0.3 is 9.84 Å². The molecule has 0 fully saturated rings. The molecule has 0 aliphatic carbocycles. The van der Waals surface area contributed by atoms with Crippen LogP contribution in [-0.4, -0.2) is 27.8 Å². The topological polar surface area (TPSA) is 88.5 Å². The van der Waals surface area contributed by atoms with Crippen molar-refractivity contribution in [2.24, 2.45) is 0 Å². The number of ether oxygens (including phenoxy) is 1. The van der Waals surface area contributed by atoms with Crippen molar-refractivity contribution in [2.75, 3.05) is 5.32 Å². The van der Waals surface area contributed by atoms with Gasteiger partial charge in [-0.25, -0.2) is 9.78 Å². The van der Waals surface area contributed by atoms with Crippen LogP contribution in [0.25, 0.3) is 0 Å². The number of aliphatic carboxylic acids is 1. The summed E-state index contributed by atoms with van der Waals surface area (Å²) in [7, 11) is 0. The van der Waals surface area contributed by atoms with Gasteiger partial charge in [0, 0.05) is 12.6 Å². The van der Waals surface area contributed by atoms with Gasteiger partial charge in [-0.05, 0) is 32.9 Å². The molecule has 6 nitrogen and oxygen atoms in total. The number of amides is 1. The number of carboxylic acids is 1. The minimum atomic E-state index is -0.745.